The topological polar surface area (TPSA) is 73.3 Å². The molecule has 0 aliphatic heterocycles. The van der Waals surface area contributed by atoms with Gasteiger partial charge in [-0.1, -0.05) is 0 Å². The minimum atomic E-state index is -0.616. The maximum atomic E-state index is 10.8. The lowest BCUT2D eigenvalue weighted by Gasteiger charge is -1.97. The van der Waals surface area contributed by atoms with Gasteiger partial charge in [-0.2, -0.15) is 0 Å². The Morgan fingerprint density at radius 1 is 1.54 bits per heavy atom. The molecule has 0 fully saturated rings. The summed E-state index contributed by atoms with van der Waals surface area (Å²) in [5.41, 5.74) is 6.84. The van der Waals surface area contributed by atoms with Crippen molar-refractivity contribution >= 4 is 11.4 Å². The fraction of sp³-hybridized carbons (Fsp3) is 0.125. The molecule has 0 saturated heterocycles. The first-order valence-electron chi connectivity index (χ1n) is 3.79. The highest BCUT2D eigenvalue weighted by molar-refractivity contribution is 5.88. The lowest BCUT2D eigenvalue weighted by atomic mass is 10.5. The summed E-state index contributed by atoms with van der Waals surface area (Å²) in [7, 11) is 0. The fourth-order valence-corrected chi connectivity index (χ4v) is 1.15. The van der Waals surface area contributed by atoms with E-state index in [1.807, 2.05) is 19.1 Å². The Bertz CT molecular complexity index is 474. The summed E-state index contributed by atoms with van der Waals surface area (Å²) in [6.07, 6.45) is 1.57. The zero-order chi connectivity index (χ0) is 9.42. The van der Waals surface area contributed by atoms with Crippen molar-refractivity contribution in [1.82, 2.24) is 14.6 Å². The number of nitrogens with zero attached hydrogens (tertiary/aromatic N) is 3. The van der Waals surface area contributed by atoms with Gasteiger partial charge < -0.3 is 5.73 Å². The highest BCUT2D eigenvalue weighted by Gasteiger charge is 2.05. The average molecular weight is 176 g/mol. The van der Waals surface area contributed by atoms with Crippen LogP contribution in [-0.2, 0) is 0 Å². The molecule has 5 heteroatoms. The van der Waals surface area contributed by atoms with Crippen molar-refractivity contribution in [1.29, 1.82) is 0 Å². The molecule has 2 aromatic heterocycles. The van der Waals surface area contributed by atoms with Gasteiger partial charge in [-0.15, -0.1) is 5.10 Å². The zero-order valence-electron chi connectivity index (χ0n) is 7.06. The van der Waals surface area contributed by atoms with Crippen molar-refractivity contribution in [3.63, 3.8) is 0 Å². The minimum Gasteiger partial charge on any atom is -0.363 e. The van der Waals surface area contributed by atoms with E-state index in [0.29, 0.717) is 0 Å². The smallest absolute Gasteiger partial charge is 0.288 e. The van der Waals surface area contributed by atoms with Gasteiger partial charge in [0.1, 0.15) is 0 Å². The van der Waals surface area contributed by atoms with E-state index in [4.69, 9.17) is 5.73 Å². The molecular weight excluding hydrogens is 168 g/mol. The Hall–Kier alpha value is -1.91. The second-order valence-electron chi connectivity index (χ2n) is 2.76. The van der Waals surface area contributed by atoms with Gasteiger partial charge in [-0.05, 0) is 19.1 Å². The Morgan fingerprint density at radius 2 is 2.31 bits per heavy atom. The van der Waals surface area contributed by atoms with Gasteiger partial charge in [0.15, 0.2) is 0 Å². The van der Waals surface area contributed by atoms with Crippen LogP contribution in [0.15, 0.2) is 18.3 Å². The second kappa shape index (κ2) is 2.55. The molecule has 0 unspecified atom stereocenters. The molecule has 0 aromatic carbocycles. The summed E-state index contributed by atoms with van der Waals surface area (Å²) in [4.78, 5) is 14.6. The first-order chi connectivity index (χ1) is 6.18. The van der Waals surface area contributed by atoms with Crippen molar-refractivity contribution in [2.75, 3.05) is 0 Å². The van der Waals surface area contributed by atoms with Crippen LogP contribution in [0, 0.1) is 6.92 Å². The van der Waals surface area contributed by atoms with Crippen LogP contribution in [-0.4, -0.2) is 20.5 Å². The minimum absolute atomic E-state index is 0.0341. The van der Waals surface area contributed by atoms with E-state index >= 15 is 0 Å². The average Bonchev–Trinajstić information content (AvgIpc) is 2.47. The number of aryl methyl sites for hydroxylation is 1. The first kappa shape index (κ1) is 7.72. The Morgan fingerprint density at radius 3 is 3.00 bits per heavy atom. The molecule has 66 valence electrons. The van der Waals surface area contributed by atoms with Crippen molar-refractivity contribution < 1.29 is 4.79 Å². The van der Waals surface area contributed by atoms with Gasteiger partial charge in [-0.3, -0.25) is 4.79 Å². The quantitative estimate of drug-likeness (QED) is 0.671. The first-order valence-corrected chi connectivity index (χ1v) is 3.79. The molecule has 0 spiro atoms. The lowest BCUT2D eigenvalue weighted by Crippen LogP contribution is -2.17. The Labute approximate surface area is 74.2 Å². The number of carbonyl (C=O) groups excluding carboxylic acids is 1. The van der Waals surface area contributed by atoms with Crippen LogP contribution in [0.25, 0.3) is 5.52 Å². The number of amides is 1. The maximum absolute atomic E-state index is 10.8. The zero-order valence-corrected chi connectivity index (χ0v) is 7.06. The lowest BCUT2D eigenvalue weighted by molar-refractivity contribution is 0.0989. The third-order valence-electron chi connectivity index (χ3n) is 1.81. The highest BCUT2D eigenvalue weighted by atomic mass is 16.1. The Kier molecular flexibility index (Phi) is 1.51. The van der Waals surface area contributed by atoms with Crippen molar-refractivity contribution in [2.45, 2.75) is 6.92 Å². The van der Waals surface area contributed by atoms with Crippen LogP contribution in [0.3, 0.4) is 0 Å². The molecule has 5 nitrogen and oxygen atoms in total. The number of nitrogens with two attached hydrogens (primary N) is 1. The number of hydrogen-bond donors (Lipinski definition) is 1. The van der Waals surface area contributed by atoms with Crippen molar-refractivity contribution in [3.05, 3.63) is 29.8 Å². The molecule has 13 heavy (non-hydrogen) atoms. The molecule has 0 aliphatic rings. The highest BCUT2D eigenvalue weighted by Crippen LogP contribution is 2.05. The third kappa shape index (κ3) is 1.14. The van der Waals surface area contributed by atoms with E-state index in [1.54, 1.807) is 10.7 Å². The number of primary amides is 1. The van der Waals surface area contributed by atoms with Crippen LogP contribution in [0.2, 0.25) is 0 Å². The van der Waals surface area contributed by atoms with Crippen molar-refractivity contribution in [3.8, 4) is 0 Å². The van der Waals surface area contributed by atoms with Gasteiger partial charge in [0.25, 0.3) is 5.91 Å². The number of fused-ring (bicyclic) bond motifs is 1. The van der Waals surface area contributed by atoms with E-state index in [2.05, 4.69) is 10.1 Å². The summed E-state index contributed by atoms with van der Waals surface area (Å²) in [5, 5.41) is 3.97. The molecule has 2 rings (SSSR count). The predicted molar refractivity (Wildman–Crippen MR) is 46.2 cm³/mol. The number of carbonyl (C=O) groups is 1. The number of aromatic nitrogens is 3. The van der Waals surface area contributed by atoms with E-state index in [1.165, 1.54) is 0 Å². The number of rotatable bonds is 1. The summed E-state index contributed by atoms with van der Waals surface area (Å²) in [5.74, 6) is -0.582. The summed E-state index contributed by atoms with van der Waals surface area (Å²) < 4.78 is 1.63. The van der Waals surface area contributed by atoms with E-state index in [9.17, 15) is 4.79 Å². The molecule has 0 saturated carbocycles. The van der Waals surface area contributed by atoms with Gasteiger partial charge in [-0.25, -0.2) is 9.50 Å². The van der Waals surface area contributed by atoms with Crippen LogP contribution in [0.4, 0.5) is 0 Å². The monoisotopic (exact) mass is 176 g/mol. The van der Waals surface area contributed by atoms with Gasteiger partial charge in [0, 0.05) is 5.69 Å². The molecule has 1 amide bonds. The second-order valence-corrected chi connectivity index (χ2v) is 2.76. The van der Waals surface area contributed by atoms with Gasteiger partial charge >= 0.3 is 0 Å². The largest absolute Gasteiger partial charge is 0.363 e. The molecule has 0 aliphatic carbocycles. The fourth-order valence-electron chi connectivity index (χ4n) is 1.15. The summed E-state index contributed by atoms with van der Waals surface area (Å²) in [6.45, 7) is 1.89. The molecular formula is C8H8N4O. The third-order valence-corrected chi connectivity index (χ3v) is 1.81. The molecule has 0 atom stereocenters. The van der Waals surface area contributed by atoms with Crippen LogP contribution < -0.4 is 5.73 Å². The molecule has 2 aromatic rings. The molecule has 2 heterocycles. The van der Waals surface area contributed by atoms with E-state index < -0.39 is 5.91 Å². The molecule has 0 bridgehead atoms. The SMILES string of the molecule is Cc1ccc2cnc(C(N)=O)nn12. The molecule has 0 radical (unpaired) electrons. The standard InChI is InChI=1S/C8H8N4O/c1-5-2-3-6-4-10-8(7(9)13)11-12(5)6/h2-4H,1H3,(H2,9,13). The maximum Gasteiger partial charge on any atom is 0.288 e. The summed E-state index contributed by atoms with van der Waals surface area (Å²) >= 11 is 0. The van der Waals surface area contributed by atoms with Crippen LogP contribution >= 0.6 is 0 Å². The number of hydrogen-bond acceptors (Lipinski definition) is 3. The van der Waals surface area contributed by atoms with Crippen molar-refractivity contribution in [2.24, 2.45) is 5.73 Å². The normalized spacial score (nSPS) is 10.5. The van der Waals surface area contributed by atoms with Crippen LogP contribution in [0.5, 0.6) is 0 Å². The predicted octanol–water partition coefficient (Wildman–Crippen LogP) is 0.137. The summed E-state index contributed by atoms with van der Waals surface area (Å²) in [6, 6.07) is 3.77. The Balaban J connectivity index is 2.72. The van der Waals surface area contributed by atoms with E-state index in [-0.39, 0.29) is 5.82 Å². The molecule has 2 N–H and O–H groups in total. The van der Waals surface area contributed by atoms with Gasteiger partial charge in [0.2, 0.25) is 5.82 Å². The van der Waals surface area contributed by atoms with Gasteiger partial charge in [0.05, 0.1) is 11.7 Å². The van der Waals surface area contributed by atoms with E-state index in [0.717, 1.165) is 11.2 Å². The van der Waals surface area contributed by atoms with Crippen LogP contribution in [0.1, 0.15) is 16.3 Å².